The number of hydrogen-bond acceptors (Lipinski definition) is 5. The number of nitrogens with one attached hydrogen (secondary N) is 1. The van der Waals surface area contributed by atoms with Gasteiger partial charge in [0.25, 0.3) is 0 Å². The van der Waals surface area contributed by atoms with E-state index in [-0.39, 0.29) is 17.2 Å². The predicted octanol–water partition coefficient (Wildman–Crippen LogP) is 2.08. The lowest BCUT2D eigenvalue weighted by molar-refractivity contribution is -0.115. The molecule has 20 heavy (non-hydrogen) atoms. The van der Waals surface area contributed by atoms with Crippen molar-refractivity contribution >= 4 is 11.8 Å². The lowest BCUT2D eigenvalue weighted by Crippen LogP contribution is -2.59. The van der Waals surface area contributed by atoms with Gasteiger partial charge in [-0.05, 0) is 43.8 Å². The van der Waals surface area contributed by atoms with E-state index >= 15 is 0 Å². The van der Waals surface area contributed by atoms with Gasteiger partial charge < -0.3 is 9.47 Å². The third-order valence-corrected chi connectivity index (χ3v) is 6.90. The Morgan fingerprint density at radius 1 is 1.35 bits per heavy atom. The van der Waals surface area contributed by atoms with Crippen LogP contribution in [0.5, 0.6) is 0 Å². The fraction of sp³-hybridized carbons (Fsp3) is 1.00. The Balaban J connectivity index is 1.75. The molecule has 1 spiro atoms. The number of thioether (sulfide) groups is 1. The fourth-order valence-electron chi connectivity index (χ4n) is 4.55. The maximum absolute atomic E-state index is 6.15. The molecule has 2 heterocycles. The zero-order valence-corrected chi connectivity index (χ0v) is 13.3. The molecule has 3 atom stereocenters. The van der Waals surface area contributed by atoms with Gasteiger partial charge in [0.15, 0.2) is 0 Å². The maximum Gasteiger partial charge on any atom is 0.0847 e. The molecule has 0 radical (unpaired) electrons. The zero-order chi connectivity index (χ0) is 14.1. The van der Waals surface area contributed by atoms with Crippen molar-refractivity contribution in [1.82, 2.24) is 5.43 Å². The summed E-state index contributed by atoms with van der Waals surface area (Å²) in [7, 11) is 1.86. The van der Waals surface area contributed by atoms with E-state index < -0.39 is 0 Å². The third-order valence-electron chi connectivity index (χ3n) is 5.67. The standard InChI is InChI=1S/C15H28N2O2S/c1-18-15(5-2-3-6-15)13(17-16)12-4-8-19-14(10-12)7-9-20-11-14/h12-13,17H,2-11,16H2,1H3. The highest BCUT2D eigenvalue weighted by Gasteiger charge is 2.49. The molecule has 3 aliphatic rings. The first-order valence-corrected chi connectivity index (χ1v) is 9.12. The minimum absolute atomic E-state index is 0.0519. The van der Waals surface area contributed by atoms with Crippen LogP contribution in [0.25, 0.3) is 0 Å². The molecular weight excluding hydrogens is 272 g/mol. The lowest BCUT2D eigenvalue weighted by Gasteiger charge is -2.46. The van der Waals surface area contributed by atoms with Crippen molar-refractivity contribution in [3.8, 4) is 0 Å². The number of ether oxygens (including phenoxy) is 2. The van der Waals surface area contributed by atoms with Crippen LogP contribution in [-0.4, -0.2) is 42.5 Å². The summed E-state index contributed by atoms with van der Waals surface area (Å²) >= 11 is 2.03. The number of methoxy groups -OCH3 is 1. The van der Waals surface area contributed by atoms with Crippen LogP contribution in [-0.2, 0) is 9.47 Å². The van der Waals surface area contributed by atoms with Gasteiger partial charge in [-0.25, -0.2) is 0 Å². The van der Waals surface area contributed by atoms with Crippen molar-refractivity contribution in [2.45, 2.75) is 62.2 Å². The summed E-state index contributed by atoms with van der Waals surface area (Å²) in [5.74, 6) is 8.92. The van der Waals surface area contributed by atoms with Gasteiger partial charge in [-0.1, -0.05) is 12.8 Å². The SMILES string of the molecule is COC1(C(NN)C2CCOC3(CCSC3)C2)CCCC1. The van der Waals surface area contributed by atoms with E-state index in [9.17, 15) is 0 Å². The van der Waals surface area contributed by atoms with Crippen LogP contribution in [0.15, 0.2) is 0 Å². The summed E-state index contributed by atoms with van der Waals surface area (Å²) in [4.78, 5) is 0. The van der Waals surface area contributed by atoms with Crippen molar-refractivity contribution in [3.63, 3.8) is 0 Å². The summed E-state index contributed by atoms with van der Waals surface area (Å²) in [5.41, 5.74) is 3.19. The average Bonchev–Trinajstić information content (AvgIpc) is 3.11. The summed E-state index contributed by atoms with van der Waals surface area (Å²) in [5, 5.41) is 0. The van der Waals surface area contributed by atoms with Crippen molar-refractivity contribution < 1.29 is 9.47 Å². The molecule has 2 aliphatic heterocycles. The Kier molecular flexibility index (Phi) is 4.63. The Morgan fingerprint density at radius 3 is 2.75 bits per heavy atom. The monoisotopic (exact) mass is 300 g/mol. The van der Waals surface area contributed by atoms with E-state index in [1.807, 2.05) is 18.9 Å². The van der Waals surface area contributed by atoms with Crippen LogP contribution in [0.3, 0.4) is 0 Å². The molecule has 3 unspecified atom stereocenters. The van der Waals surface area contributed by atoms with Gasteiger partial charge in [0.05, 0.1) is 17.2 Å². The van der Waals surface area contributed by atoms with Crippen LogP contribution < -0.4 is 11.3 Å². The Labute approximate surface area is 126 Å². The minimum atomic E-state index is -0.0519. The second-order valence-electron chi connectivity index (χ2n) is 6.71. The topological polar surface area (TPSA) is 56.5 Å². The normalized spacial score (nSPS) is 38.4. The Morgan fingerprint density at radius 2 is 2.15 bits per heavy atom. The van der Waals surface area contributed by atoms with Gasteiger partial charge in [0.2, 0.25) is 0 Å². The molecule has 4 nitrogen and oxygen atoms in total. The first-order valence-electron chi connectivity index (χ1n) is 7.97. The largest absolute Gasteiger partial charge is 0.377 e. The summed E-state index contributed by atoms with van der Waals surface area (Å²) in [6.07, 6.45) is 8.24. The molecule has 0 aromatic rings. The van der Waals surface area contributed by atoms with Crippen molar-refractivity contribution in [2.24, 2.45) is 11.8 Å². The molecular formula is C15H28N2O2S. The molecule has 1 aliphatic carbocycles. The van der Waals surface area contributed by atoms with E-state index in [0.29, 0.717) is 5.92 Å². The summed E-state index contributed by atoms with van der Waals surface area (Å²) in [6, 6.07) is 0.265. The van der Waals surface area contributed by atoms with Crippen LogP contribution >= 0.6 is 11.8 Å². The van der Waals surface area contributed by atoms with Gasteiger partial charge in [-0.15, -0.1) is 0 Å². The molecule has 1 saturated carbocycles. The maximum atomic E-state index is 6.15. The molecule has 2 saturated heterocycles. The van der Waals surface area contributed by atoms with Gasteiger partial charge >= 0.3 is 0 Å². The van der Waals surface area contributed by atoms with E-state index in [4.69, 9.17) is 15.3 Å². The Hall–Kier alpha value is 0.190. The van der Waals surface area contributed by atoms with Gasteiger partial charge in [0.1, 0.15) is 0 Å². The molecule has 5 heteroatoms. The molecule has 0 bridgehead atoms. The second kappa shape index (κ2) is 6.13. The van der Waals surface area contributed by atoms with Crippen molar-refractivity contribution in [3.05, 3.63) is 0 Å². The number of hydrazine groups is 1. The number of hydrogen-bond donors (Lipinski definition) is 2. The third kappa shape index (κ3) is 2.63. The second-order valence-corrected chi connectivity index (χ2v) is 7.81. The van der Waals surface area contributed by atoms with E-state index in [1.54, 1.807) is 0 Å². The number of rotatable bonds is 4. The van der Waals surface area contributed by atoms with Gasteiger partial charge in [-0.3, -0.25) is 11.3 Å². The van der Waals surface area contributed by atoms with Crippen LogP contribution in [0, 0.1) is 5.92 Å². The summed E-state index contributed by atoms with van der Waals surface area (Å²) < 4.78 is 12.1. The van der Waals surface area contributed by atoms with Gasteiger partial charge in [-0.2, -0.15) is 11.8 Å². The van der Waals surface area contributed by atoms with Crippen LogP contribution in [0.4, 0.5) is 0 Å². The molecule has 0 amide bonds. The quantitative estimate of drug-likeness (QED) is 0.615. The molecule has 0 aromatic carbocycles. The lowest BCUT2D eigenvalue weighted by atomic mass is 9.74. The average molecular weight is 300 g/mol. The molecule has 3 N–H and O–H groups in total. The first kappa shape index (κ1) is 15.1. The fourth-order valence-corrected chi connectivity index (χ4v) is 5.92. The van der Waals surface area contributed by atoms with E-state index in [0.717, 1.165) is 38.0 Å². The Bertz CT molecular complexity index is 328. The molecule has 116 valence electrons. The van der Waals surface area contributed by atoms with Crippen molar-refractivity contribution in [2.75, 3.05) is 25.2 Å². The molecule has 0 aromatic heterocycles. The zero-order valence-electron chi connectivity index (χ0n) is 12.5. The first-order chi connectivity index (χ1) is 9.74. The molecule has 3 fully saturated rings. The summed E-state index contributed by atoms with van der Waals surface area (Å²) in [6.45, 7) is 0.878. The predicted molar refractivity (Wildman–Crippen MR) is 82.7 cm³/mol. The highest BCUT2D eigenvalue weighted by atomic mass is 32.2. The van der Waals surface area contributed by atoms with Crippen molar-refractivity contribution in [1.29, 1.82) is 0 Å². The highest BCUT2D eigenvalue weighted by molar-refractivity contribution is 7.99. The van der Waals surface area contributed by atoms with E-state index in [2.05, 4.69) is 5.43 Å². The van der Waals surface area contributed by atoms with Crippen LogP contribution in [0.1, 0.15) is 44.9 Å². The minimum Gasteiger partial charge on any atom is -0.377 e. The van der Waals surface area contributed by atoms with E-state index in [1.165, 1.54) is 25.0 Å². The smallest absolute Gasteiger partial charge is 0.0847 e. The molecule has 3 rings (SSSR count). The highest BCUT2D eigenvalue weighted by Crippen LogP contribution is 2.45. The number of nitrogens with two attached hydrogens (primary N) is 1. The van der Waals surface area contributed by atoms with Gasteiger partial charge in [0, 0.05) is 19.5 Å². The van der Waals surface area contributed by atoms with Crippen LogP contribution in [0.2, 0.25) is 0 Å².